The molecule has 1 rings (SSSR count). The van der Waals surface area contributed by atoms with E-state index in [2.05, 4.69) is 4.98 Å². The first-order chi connectivity index (χ1) is 6.07. The molecule has 1 aromatic heterocycles. The van der Waals surface area contributed by atoms with Crippen molar-refractivity contribution in [3.8, 4) is 0 Å². The van der Waals surface area contributed by atoms with Crippen molar-refractivity contribution in [2.45, 2.75) is 6.43 Å². The van der Waals surface area contributed by atoms with Crippen molar-refractivity contribution in [3.63, 3.8) is 0 Å². The average molecular weight is 317 g/mol. The van der Waals surface area contributed by atoms with Crippen molar-refractivity contribution in [2.75, 3.05) is 0 Å². The molecule has 0 aromatic carbocycles. The van der Waals surface area contributed by atoms with E-state index in [0.717, 1.165) is 6.20 Å². The summed E-state index contributed by atoms with van der Waals surface area (Å²) < 4.78 is 24.9. The number of hydrogen-bond acceptors (Lipinski definition) is 2. The minimum atomic E-state index is -2.69. The summed E-state index contributed by atoms with van der Waals surface area (Å²) in [6, 6.07) is 0. The Morgan fingerprint density at radius 2 is 2.23 bits per heavy atom. The van der Waals surface area contributed by atoms with E-state index in [4.69, 9.17) is 11.6 Å². The third-order valence-electron chi connectivity index (χ3n) is 1.37. The first kappa shape index (κ1) is 10.8. The van der Waals surface area contributed by atoms with Crippen LogP contribution in [0, 0.1) is 3.57 Å². The molecule has 0 aliphatic heterocycles. The Hall–Kier alpha value is -0.300. The van der Waals surface area contributed by atoms with E-state index in [-0.39, 0.29) is 19.9 Å². The van der Waals surface area contributed by atoms with Crippen LogP contribution in [0.1, 0.15) is 22.5 Å². The van der Waals surface area contributed by atoms with Crippen LogP contribution in [-0.4, -0.2) is 11.3 Å². The minimum absolute atomic E-state index is 0.0136. The Labute approximate surface area is 91.4 Å². The molecule has 1 aromatic rings. The van der Waals surface area contributed by atoms with Crippen molar-refractivity contribution >= 4 is 40.5 Å². The number of carbonyl (C=O) groups excluding carboxylic acids is 1. The summed E-state index contributed by atoms with van der Waals surface area (Å²) in [7, 11) is 0. The highest BCUT2D eigenvalue weighted by Crippen LogP contribution is 2.31. The van der Waals surface area contributed by atoms with E-state index in [1.807, 2.05) is 0 Å². The summed E-state index contributed by atoms with van der Waals surface area (Å²) in [5.41, 5.74) is -0.348. The first-order valence-electron chi connectivity index (χ1n) is 3.15. The van der Waals surface area contributed by atoms with Crippen LogP contribution in [0.25, 0.3) is 0 Å². The van der Waals surface area contributed by atoms with Crippen LogP contribution >= 0.6 is 34.2 Å². The number of hydrogen-bond donors (Lipinski definition) is 0. The lowest BCUT2D eigenvalue weighted by molar-refractivity contribution is 0.111. The number of aldehydes is 1. The monoisotopic (exact) mass is 317 g/mol. The van der Waals surface area contributed by atoms with Gasteiger partial charge in [0.1, 0.15) is 5.69 Å². The Kier molecular flexibility index (Phi) is 3.55. The van der Waals surface area contributed by atoms with Crippen LogP contribution in [0.15, 0.2) is 6.20 Å². The molecule has 0 fully saturated rings. The van der Waals surface area contributed by atoms with Gasteiger partial charge in [0.15, 0.2) is 6.29 Å². The molecule has 0 radical (unpaired) electrons. The summed E-state index contributed by atoms with van der Waals surface area (Å²) in [5, 5.41) is -0.120. The fourth-order valence-electron chi connectivity index (χ4n) is 0.777. The molecule has 13 heavy (non-hydrogen) atoms. The molecule has 0 amide bonds. The molecule has 0 aliphatic carbocycles. The standard InChI is InChI=1S/C7H3ClF2INO/c8-3-1-12-4(2-13)6(11)5(3)7(9)10/h1-2,7H. The largest absolute Gasteiger partial charge is 0.296 e. The molecule has 0 atom stereocenters. The second-order valence-corrected chi connectivity index (χ2v) is 3.62. The number of pyridine rings is 1. The SMILES string of the molecule is O=Cc1ncc(Cl)c(C(F)F)c1I. The van der Waals surface area contributed by atoms with Gasteiger partial charge in [-0.25, -0.2) is 8.78 Å². The normalized spacial score (nSPS) is 10.5. The molecule has 0 saturated carbocycles. The zero-order valence-electron chi connectivity index (χ0n) is 6.10. The lowest BCUT2D eigenvalue weighted by Crippen LogP contribution is -1.99. The average Bonchev–Trinajstić information content (AvgIpc) is 2.04. The Balaban J connectivity index is 3.38. The molecule has 0 aliphatic rings. The lowest BCUT2D eigenvalue weighted by Gasteiger charge is -2.06. The summed E-state index contributed by atoms with van der Waals surface area (Å²) in [4.78, 5) is 14.0. The van der Waals surface area contributed by atoms with E-state index in [1.54, 1.807) is 22.6 Å². The van der Waals surface area contributed by atoms with Gasteiger partial charge in [0, 0.05) is 6.20 Å². The van der Waals surface area contributed by atoms with Gasteiger partial charge in [-0.2, -0.15) is 0 Å². The fraction of sp³-hybridized carbons (Fsp3) is 0.143. The molecule has 70 valence electrons. The fourth-order valence-corrected chi connectivity index (χ4v) is 1.95. The van der Waals surface area contributed by atoms with Crippen LogP contribution in [-0.2, 0) is 0 Å². The molecule has 0 unspecified atom stereocenters. The highest BCUT2D eigenvalue weighted by atomic mass is 127. The third kappa shape index (κ3) is 2.14. The zero-order valence-corrected chi connectivity index (χ0v) is 9.01. The number of rotatable bonds is 2. The van der Waals surface area contributed by atoms with Crippen molar-refractivity contribution in [2.24, 2.45) is 0 Å². The van der Waals surface area contributed by atoms with Gasteiger partial charge < -0.3 is 0 Å². The van der Waals surface area contributed by atoms with Crippen molar-refractivity contribution in [3.05, 3.63) is 26.0 Å². The minimum Gasteiger partial charge on any atom is -0.296 e. The van der Waals surface area contributed by atoms with Crippen LogP contribution in [0.4, 0.5) is 8.78 Å². The second kappa shape index (κ2) is 4.28. The third-order valence-corrected chi connectivity index (χ3v) is 2.80. The van der Waals surface area contributed by atoms with Gasteiger partial charge in [-0.15, -0.1) is 0 Å². The van der Waals surface area contributed by atoms with Gasteiger partial charge in [-0.1, -0.05) is 11.6 Å². The van der Waals surface area contributed by atoms with Gasteiger partial charge in [0.2, 0.25) is 0 Å². The predicted molar refractivity (Wildman–Crippen MR) is 52.3 cm³/mol. The van der Waals surface area contributed by atoms with Gasteiger partial charge in [-0.05, 0) is 22.6 Å². The second-order valence-electron chi connectivity index (χ2n) is 2.14. The molecule has 0 spiro atoms. The number of nitrogens with zero attached hydrogens (tertiary/aromatic N) is 1. The van der Waals surface area contributed by atoms with E-state index < -0.39 is 6.43 Å². The molecule has 2 nitrogen and oxygen atoms in total. The maximum absolute atomic E-state index is 12.4. The lowest BCUT2D eigenvalue weighted by atomic mass is 10.2. The quantitative estimate of drug-likeness (QED) is 0.620. The van der Waals surface area contributed by atoms with E-state index >= 15 is 0 Å². The topological polar surface area (TPSA) is 30.0 Å². The molecule has 0 N–H and O–H groups in total. The molecule has 6 heteroatoms. The molecule has 0 bridgehead atoms. The number of alkyl halides is 2. The summed E-state index contributed by atoms with van der Waals surface area (Å²) in [6.45, 7) is 0. The maximum Gasteiger partial charge on any atom is 0.266 e. The van der Waals surface area contributed by atoms with Crippen molar-refractivity contribution < 1.29 is 13.6 Å². The van der Waals surface area contributed by atoms with Crippen molar-refractivity contribution in [1.29, 1.82) is 0 Å². The Morgan fingerprint density at radius 3 is 2.69 bits per heavy atom. The van der Waals surface area contributed by atoms with E-state index in [9.17, 15) is 13.6 Å². The van der Waals surface area contributed by atoms with Crippen LogP contribution in [0.5, 0.6) is 0 Å². The van der Waals surface area contributed by atoms with Crippen molar-refractivity contribution in [1.82, 2.24) is 4.98 Å². The molecular formula is C7H3ClF2INO. The van der Waals surface area contributed by atoms with Crippen LogP contribution < -0.4 is 0 Å². The van der Waals surface area contributed by atoms with Crippen LogP contribution in [0.3, 0.4) is 0 Å². The number of carbonyl (C=O) groups is 1. The van der Waals surface area contributed by atoms with Gasteiger partial charge in [-0.3, -0.25) is 9.78 Å². The number of halogens is 4. The highest BCUT2D eigenvalue weighted by molar-refractivity contribution is 14.1. The maximum atomic E-state index is 12.4. The molecular weight excluding hydrogens is 314 g/mol. The van der Waals surface area contributed by atoms with E-state index in [1.165, 1.54) is 0 Å². The molecule has 1 heterocycles. The summed E-state index contributed by atoms with van der Waals surface area (Å²) in [6.07, 6.45) is -1.22. The first-order valence-corrected chi connectivity index (χ1v) is 4.60. The Morgan fingerprint density at radius 1 is 1.62 bits per heavy atom. The predicted octanol–water partition coefficient (Wildman–Crippen LogP) is 3.09. The molecule has 0 saturated heterocycles. The van der Waals surface area contributed by atoms with Crippen LogP contribution in [0.2, 0.25) is 5.02 Å². The summed E-state index contributed by atoms with van der Waals surface area (Å²) >= 11 is 7.11. The van der Waals surface area contributed by atoms with Gasteiger partial charge >= 0.3 is 0 Å². The van der Waals surface area contributed by atoms with Gasteiger partial charge in [0.05, 0.1) is 14.2 Å². The zero-order chi connectivity index (χ0) is 10.0. The van der Waals surface area contributed by atoms with E-state index in [0.29, 0.717) is 6.29 Å². The highest BCUT2D eigenvalue weighted by Gasteiger charge is 2.19. The number of aromatic nitrogens is 1. The summed E-state index contributed by atoms with van der Waals surface area (Å²) in [5.74, 6) is 0. The smallest absolute Gasteiger partial charge is 0.266 e. The Bertz CT molecular complexity index is 346. The van der Waals surface area contributed by atoms with Gasteiger partial charge in [0.25, 0.3) is 6.43 Å².